The molecule has 7 nitrogen and oxygen atoms in total. The maximum Gasteiger partial charge on any atom is 0.433 e. The van der Waals surface area contributed by atoms with Crippen molar-refractivity contribution in [1.29, 1.82) is 0 Å². The van der Waals surface area contributed by atoms with Crippen molar-refractivity contribution >= 4 is 35.1 Å². The van der Waals surface area contributed by atoms with Crippen LogP contribution in [0.4, 0.5) is 35.4 Å². The number of hydrogen-bond donors (Lipinski definition) is 3. The summed E-state index contributed by atoms with van der Waals surface area (Å²) < 4.78 is 38.6. The van der Waals surface area contributed by atoms with Crippen LogP contribution in [0.25, 0.3) is 0 Å². The highest BCUT2D eigenvalue weighted by atomic mass is 35.5. The Kier molecular flexibility index (Phi) is 5.65. The molecular weight excluding hydrogens is 363 g/mol. The molecule has 2 rings (SSSR count). The lowest BCUT2D eigenvalue weighted by atomic mass is 10.2. The van der Waals surface area contributed by atoms with Crippen LogP contribution < -0.4 is 16.1 Å². The number of nitrogens with one attached hydrogen (secondary N) is 3. The number of rotatable bonds is 4. The predicted molar refractivity (Wildman–Crippen MR) is 86.5 cm³/mol. The van der Waals surface area contributed by atoms with Gasteiger partial charge in [-0.25, -0.2) is 15.3 Å². The maximum absolute atomic E-state index is 12.9. The number of aryl methyl sites for hydroxylation is 1. The van der Waals surface area contributed by atoms with E-state index >= 15 is 0 Å². The van der Waals surface area contributed by atoms with Crippen LogP contribution in [0.3, 0.4) is 0 Å². The molecule has 0 saturated carbocycles. The summed E-state index contributed by atoms with van der Waals surface area (Å²) in [7, 11) is 1.20. The molecule has 2 amide bonds. The van der Waals surface area contributed by atoms with Crippen molar-refractivity contribution in [3.05, 3.63) is 40.5 Å². The van der Waals surface area contributed by atoms with Crippen molar-refractivity contribution in [2.45, 2.75) is 13.1 Å². The lowest BCUT2D eigenvalue weighted by molar-refractivity contribution is -0.141. The third-order valence-corrected chi connectivity index (χ3v) is 3.29. The highest BCUT2D eigenvalue weighted by molar-refractivity contribution is 6.31. The number of amides is 2. The fourth-order valence-electron chi connectivity index (χ4n) is 1.74. The molecule has 0 radical (unpaired) electrons. The summed E-state index contributed by atoms with van der Waals surface area (Å²) >= 11 is 5.94. The maximum atomic E-state index is 12.9. The molecular formula is C14H13ClF3N5O2. The molecule has 1 aromatic carbocycles. The molecule has 25 heavy (non-hydrogen) atoms. The van der Waals surface area contributed by atoms with Crippen molar-refractivity contribution in [1.82, 2.24) is 9.97 Å². The first-order chi connectivity index (χ1) is 11.7. The number of benzene rings is 1. The number of urea groups is 1. The van der Waals surface area contributed by atoms with E-state index in [1.54, 1.807) is 19.1 Å². The zero-order valence-electron chi connectivity index (χ0n) is 13.0. The van der Waals surface area contributed by atoms with Crippen molar-refractivity contribution < 1.29 is 22.8 Å². The summed E-state index contributed by atoms with van der Waals surface area (Å²) in [5, 5.41) is 4.98. The quantitative estimate of drug-likeness (QED) is 0.701. The minimum atomic E-state index is -4.72. The van der Waals surface area contributed by atoms with Crippen LogP contribution in [0.2, 0.25) is 5.02 Å². The number of anilines is 3. The standard InChI is InChI=1S/C14H13ClF3N5O2/c1-7-3-4-8(5-9(7)15)19-13(24)22-12-20-10(14(16,17)18)6-11(21-12)23-25-2/h3-6H,1-2H3,(H3,19,20,21,22,23,24). The average molecular weight is 376 g/mol. The Morgan fingerprint density at radius 3 is 2.52 bits per heavy atom. The van der Waals surface area contributed by atoms with E-state index in [4.69, 9.17) is 11.6 Å². The monoisotopic (exact) mass is 375 g/mol. The minimum absolute atomic E-state index is 0.265. The van der Waals surface area contributed by atoms with Crippen molar-refractivity contribution in [2.75, 3.05) is 23.2 Å². The topological polar surface area (TPSA) is 88.2 Å². The number of aromatic nitrogens is 2. The molecule has 0 aliphatic rings. The molecule has 3 N–H and O–H groups in total. The van der Waals surface area contributed by atoms with Crippen molar-refractivity contribution in [2.24, 2.45) is 0 Å². The summed E-state index contributed by atoms with van der Waals surface area (Å²) in [6.07, 6.45) is -4.72. The highest BCUT2D eigenvalue weighted by Crippen LogP contribution is 2.29. The predicted octanol–water partition coefficient (Wildman–Crippen LogP) is 4.07. The van der Waals surface area contributed by atoms with Gasteiger partial charge in [-0.15, -0.1) is 0 Å². The van der Waals surface area contributed by atoms with Gasteiger partial charge in [0, 0.05) is 16.8 Å². The van der Waals surface area contributed by atoms with Gasteiger partial charge in [-0.1, -0.05) is 17.7 Å². The number of carbonyl (C=O) groups excluding carboxylic acids is 1. The first-order valence-electron chi connectivity index (χ1n) is 6.78. The van der Waals surface area contributed by atoms with Crippen LogP contribution in [0.15, 0.2) is 24.3 Å². The van der Waals surface area contributed by atoms with Gasteiger partial charge in [0.2, 0.25) is 5.95 Å². The molecule has 2 aromatic rings. The van der Waals surface area contributed by atoms with E-state index in [0.29, 0.717) is 16.8 Å². The van der Waals surface area contributed by atoms with E-state index in [9.17, 15) is 18.0 Å². The summed E-state index contributed by atoms with van der Waals surface area (Å²) in [6, 6.07) is 4.58. The Hall–Kier alpha value is -2.59. The molecule has 0 spiro atoms. The number of carbonyl (C=O) groups is 1. The van der Waals surface area contributed by atoms with Gasteiger partial charge in [0.15, 0.2) is 11.5 Å². The number of nitrogens with zero attached hydrogens (tertiary/aromatic N) is 2. The van der Waals surface area contributed by atoms with Crippen LogP contribution >= 0.6 is 11.6 Å². The molecule has 134 valence electrons. The number of halogens is 4. The fourth-order valence-corrected chi connectivity index (χ4v) is 1.92. The summed E-state index contributed by atoms with van der Waals surface area (Å²) in [4.78, 5) is 23.4. The van der Waals surface area contributed by atoms with Gasteiger partial charge in [-0.3, -0.25) is 10.2 Å². The molecule has 0 fully saturated rings. The van der Waals surface area contributed by atoms with E-state index < -0.39 is 23.8 Å². The largest absolute Gasteiger partial charge is 0.433 e. The van der Waals surface area contributed by atoms with Gasteiger partial charge < -0.3 is 5.32 Å². The molecule has 1 heterocycles. The SMILES string of the molecule is CONc1cc(C(F)(F)F)nc(NC(=O)Nc2ccc(C)c(Cl)c2)n1. The van der Waals surface area contributed by atoms with Crippen molar-refractivity contribution in [3.63, 3.8) is 0 Å². The van der Waals surface area contributed by atoms with Crippen LogP contribution in [0, 0.1) is 6.92 Å². The van der Waals surface area contributed by atoms with E-state index in [2.05, 4.69) is 30.9 Å². The van der Waals surface area contributed by atoms with Crippen LogP contribution in [0.5, 0.6) is 0 Å². The first kappa shape index (κ1) is 18.7. The van der Waals surface area contributed by atoms with Crippen LogP contribution in [0.1, 0.15) is 11.3 Å². The van der Waals surface area contributed by atoms with Gasteiger partial charge in [-0.2, -0.15) is 18.2 Å². The second kappa shape index (κ2) is 7.53. The second-order valence-electron chi connectivity index (χ2n) is 4.81. The Balaban J connectivity index is 2.18. The van der Waals surface area contributed by atoms with E-state index in [-0.39, 0.29) is 5.82 Å². The number of hydrogen-bond acceptors (Lipinski definition) is 5. The van der Waals surface area contributed by atoms with Gasteiger partial charge in [0.05, 0.1) is 7.11 Å². The van der Waals surface area contributed by atoms with E-state index in [1.165, 1.54) is 13.2 Å². The molecule has 0 atom stereocenters. The van der Waals surface area contributed by atoms with Crippen molar-refractivity contribution in [3.8, 4) is 0 Å². The third kappa shape index (κ3) is 5.19. The Bertz CT molecular complexity index is 786. The zero-order chi connectivity index (χ0) is 18.6. The molecule has 11 heteroatoms. The normalized spacial score (nSPS) is 11.1. The summed E-state index contributed by atoms with van der Waals surface area (Å²) in [6.45, 7) is 1.78. The highest BCUT2D eigenvalue weighted by Gasteiger charge is 2.34. The Morgan fingerprint density at radius 1 is 1.20 bits per heavy atom. The van der Waals surface area contributed by atoms with E-state index in [1.807, 2.05) is 0 Å². The Labute approximate surface area is 145 Å². The lowest BCUT2D eigenvalue weighted by Gasteiger charge is -2.12. The number of alkyl halides is 3. The third-order valence-electron chi connectivity index (χ3n) is 2.88. The lowest BCUT2D eigenvalue weighted by Crippen LogP contribution is -2.22. The first-order valence-corrected chi connectivity index (χ1v) is 7.16. The van der Waals surface area contributed by atoms with E-state index in [0.717, 1.165) is 5.56 Å². The minimum Gasteiger partial charge on any atom is -0.308 e. The molecule has 0 aliphatic carbocycles. The zero-order valence-corrected chi connectivity index (χ0v) is 13.8. The smallest absolute Gasteiger partial charge is 0.308 e. The second-order valence-corrected chi connectivity index (χ2v) is 5.22. The molecule has 0 bridgehead atoms. The van der Waals surface area contributed by atoms with Crippen LogP contribution in [-0.4, -0.2) is 23.1 Å². The molecule has 0 aliphatic heterocycles. The average Bonchev–Trinajstić information content (AvgIpc) is 2.50. The Morgan fingerprint density at radius 2 is 1.92 bits per heavy atom. The molecule has 1 aromatic heterocycles. The summed E-state index contributed by atoms with van der Waals surface area (Å²) in [5.74, 6) is -0.816. The van der Waals surface area contributed by atoms with Gasteiger partial charge in [0.1, 0.15) is 0 Å². The van der Waals surface area contributed by atoms with Gasteiger partial charge in [0.25, 0.3) is 0 Å². The van der Waals surface area contributed by atoms with Gasteiger partial charge in [-0.05, 0) is 24.6 Å². The summed E-state index contributed by atoms with van der Waals surface area (Å²) in [5.41, 5.74) is 2.08. The molecule has 0 unspecified atom stereocenters. The molecule has 0 saturated heterocycles. The van der Waals surface area contributed by atoms with Crippen LogP contribution in [-0.2, 0) is 11.0 Å². The van der Waals surface area contributed by atoms with Gasteiger partial charge >= 0.3 is 12.2 Å². The fraction of sp³-hybridized carbons (Fsp3) is 0.214.